The number of rotatable bonds is 6. The topological polar surface area (TPSA) is 30.5 Å². The summed E-state index contributed by atoms with van der Waals surface area (Å²) in [6.45, 7) is 6.61. The van der Waals surface area contributed by atoms with Crippen LogP contribution < -0.4 is 10.1 Å². The Balaban J connectivity index is 2.01. The summed E-state index contributed by atoms with van der Waals surface area (Å²) >= 11 is 6.10. The number of nitrogens with one attached hydrogen (secondary N) is 1. The molecule has 1 N–H and O–H groups in total. The molecule has 1 aromatic carbocycles. The minimum atomic E-state index is 0.223. The number of hydrogen-bond acceptors (Lipinski definition) is 3. The molecular weight excluding hydrogens is 274 g/mol. The monoisotopic (exact) mass is 297 g/mol. The molecule has 0 saturated carbocycles. The number of benzene rings is 1. The average molecular weight is 298 g/mol. The summed E-state index contributed by atoms with van der Waals surface area (Å²) in [7, 11) is 0. The molecule has 1 aliphatic rings. The molecule has 1 fully saturated rings. The van der Waals surface area contributed by atoms with Gasteiger partial charge in [0.05, 0.1) is 6.10 Å². The minimum absolute atomic E-state index is 0.223. The summed E-state index contributed by atoms with van der Waals surface area (Å²) in [5, 5.41) is 4.14. The zero-order valence-corrected chi connectivity index (χ0v) is 13.1. The SMILES string of the molecule is CCNC(C)c1cc(Cl)ccc1OCC1CCCCO1. The molecule has 4 heteroatoms. The van der Waals surface area contributed by atoms with Crippen LogP contribution in [0.5, 0.6) is 5.75 Å². The molecule has 0 aromatic heterocycles. The van der Waals surface area contributed by atoms with E-state index in [1.165, 1.54) is 12.8 Å². The van der Waals surface area contributed by atoms with E-state index in [4.69, 9.17) is 21.1 Å². The minimum Gasteiger partial charge on any atom is -0.491 e. The summed E-state index contributed by atoms with van der Waals surface area (Å²) in [4.78, 5) is 0. The lowest BCUT2D eigenvalue weighted by atomic mass is 10.1. The van der Waals surface area contributed by atoms with Crippen LogP contribution in [0.1, 0.15) is 44.7 Å². The third-order valence-corrected chi connectivity index (χ3v) is 3.88. The fourth-order valence-corrected chi connectivity index (χ4v) is 2.71. The second kappa shape index (κ2) is 7.87. The quantitative estimate of drug-likeness (QED) is 0.862. The van der Waals surface area contributed by atoms with Crippen molar-refractivity contribution >= 4 is 11.6 Å². The second-order valence-electron chi connectivity index (χ2n) is 5.26. The molecule has 3 nitrogen and oxygen atoms in total. The first-order valence-electron chi connectivity index (χ1n) is 7.48. The molecule has 2 rings (SSSR count). The van der Waals surface area contributed by atoms with Crippen molar-refractivity contribution in [2.45, 2.75) is 45.3 Å². The predicted octanol–water partition coefficient (Wildman–Crippen LogP) is 3.96. The van der Waals surface area contributed by atoms with E-state index in [0.717, 1.165) is 35.9 Å². The summed E-state index contributed by atoms with van der Waals surface area (Å²) < 4.78 is 11.7. The normalized spacial score (nSPS) is 20.6. The molecule has 1 aromatic rings. The maximum atomic E-state index is 6.10. The zero-order chi connectivity index (χ0) is 14.4. The summed E-state index contributed by atoms with van der Waals surface area (Å²) in [5.74, 6) is 0.900. The van der Waals surface area contributed by atoms with Crippen molar-refractivity contribution in [3.63, 3.8) is 0 Å². The van der Waals surface area contributed by atoms with Gasteiger partial charge in [0.2, 0.25) is 0 Å². The third-order valence-electron chi connectivity index (χ3n) is 3.65. The van der Waals surface area contributed by atoms with Crippen LogP contribution in [0, 0.1) is 0 Å². The maximum absolute atomic E-state index is 6.10. The van der Waals surface area contributed by atoms with E-state index in [0.29, 0.717) is 6.61 Å². The highest BCUT2D eigenvalue weighted by atomic mass is 35.5. The Labute approximate surface area is 126 Å². The Morgan fingerprint density at radius 2 is 2.30 bits per heavy atom. The van der Waals surface area contributed by atoms with Gasteiger partial charge >= 0.3 is 0 Å². The van der Waals surface area contributed by atoms with Crippen molar-refractivity contribution in [1.29, 1.82) is 0 Å². The lowest BCUT2D eigenvalue weighted by Crippen LogP contribution is -2.26. The molecule has 0 aliphatic carbocycles. The molecule has 1 aliphatic heterocycles. The number of ether oxygens (including phenoxy) is 2. The average Bonchev–Trinajstić information content (AvgIpc) is 2.47. The van der Waals surface area contributed by atoms with Gasteiger partial charge in [-0.3, -0.25) is 0 Å². The van der Waals surface area contributed by atoms with Crippen LogP contribution >= 0.6 is 11.6 Å². The largest absolute Gasteiger partial charge is 0.491 e. The standard InChI is InChI=1S/C16H24ClNO2/c1-3-18-12(2)15-10-13(17)7-8-16(15)20-11-14-6-4-5-9-19-14/h7-8,10,12,14,18H,3-6,9,11H2,1-2H3. The molecule has 0 amide bonds. The molecule has 2 atom stereocenters. The van der Waals surface area contributed by atoms with E-state index in [1.54, 1.807) is 0 Å². The molecule has 112 valence electrons. The van der Waals surface area contributed by atoms with Crippen LogP contribution in [0.25, 0.3) is 0 Å². The van der Waals surface area contributed by atoms with Crippen LogP contribution in [0.4, 0.5) is 0 Å². The lowest BCUT2D eigenvalue weighted by Gasteiger charge is -2.24. The smallest absolute Gasteiger partial charge is 0.124 e. The predicted molar refractivity (Wildman–Crippen MR) is 82.6 cm³/mol. The van der Waals surface area contributed by atoms with Gasteiger partial charge in [-0.1, -0.05) is 18.5 Å². The van der Waals surface area contributed by atoms with Crippen LogP contribution in [0.2, 0.25) is 5.02 Å². The Morgan fingerprint density at radius 1 is 1.45 bits per heavy atom. The van der Waals surface area contributed by atoms with Crippen molar-refractivity contribution < 1.29 is 9.47 Å². The van der Waals surface area contributed by atoms with Gasteiger partial charge in [0, 0.05) is 23.2 Å². The number of hydrogen-bond donors (Lipinski definition) is 1. The lowest BCUT2D eigenvalue weighted by molar-refractivity contribution is -0.0113. The fourth-order valence-electron chi connectivity index (χ4n) is 2.53. The second-order valence-corrected chi connectivity index (χ2v) is 5.70. The van der Waals surface area contributed by atoms with E-state index in [-0.39, 0.29) is 12.1 Å². The Bertz CT molecular complexity index is 419. The van der Waals surface area contributed by atoms with E-state index in [1.807, 2.05) is 18.2 Å². The summed E-state index contributed by atoms with van der Waals surface area (Å²) in [6.07, 6.45) is 3.71. The molecular formula is C16H24ClNO2. The molecule has 20 heavy (non-hydrogen) atoms. The fraction of sp³-hybridized carbons (Fsp3) is 0.625. The van der Waals surface area contributed by atoms with Crippen molar-refractivity contribution in [2.75, 3.05) is 19.8 Å². The van der Waals surface area contributed by atoms with Gasteiger partial charge in [-0.2, -0.15) is 0 Å². The highest BCUT2D eigenvalue weighted by Crippen LogP contribution is 2.29. The van der Waals surface area contributed by atoms with Crippen molar-refractivity contribution in [1.82, 2.24) is 5.32 Å². The Kier molecular flexibility index (Phi) is 6.14. The zero-order valence-electron chi connectivity index (χ0n) is 12.3. The first kappa shape index (κ1) is 15.6. The van der Waals surface area contributed by atoms with Crippen LogP contribution in [-0.2, 0) is 4.74 Å². The van der Waals surface area contributed by atoms with E-state index >= 15 is 0 Å². The van der Waals surface area contributed by atoms with E-state index in [2.05, 4.69) is 19.2 Å². The van der Waals surface area contributed by atoms with E-state index < -0.39 is 0 Å². The summed E-state index contributed by atoms with van der Waals surface area (Å²) in [5.41, 5.74) is 1.11. The van der Waals surface area contributed by atoms with Gasteiger partial charge in [-0.25, -0.2) is 0 Å². The third kappa shape index (κ3) is 4.37. The highest BCUT2D eigenvalue weighted by molar-refractivity contribution is 6.30. The first-order valence-corrected chi connectivity index (χ1v) is 7.85. The van der Waals surface area contributed by atoms with Gasteiger partial charge in [0.1, 0.15) is 12.4 Å². The maximum Gasteiger partial charge on any atom is 0.124 e. The van der Waals surface area contributed by atoms with Crippen molar-refractivity contribution in [3.05, 3.63) is 28.8 Å². The van der Waals surface area contributed by atoms with Crippen molar-refractivity contribution in [3.8, 4) is 5.75 Å². The Morgan fingerprint density at radius 3 is 3.00 bits per heavy atom. The van der Waals surface area contributed by atoms with Gasteiger partial charge in [-0.15, -0.1) is 0 Å². The highest BCUT2D eigenvalue weighted by Gasteiger charge is 2.17. The van der Waals surface area contributed by atoms with Gasteiger partial charge in [0.15, 0.2) is 0 Å². The van der Waals surface area contributed by atoms with Gasteiger partial charge < -0.3 is 14.8 Å². The molecule has 1 saturated heterocycles. The van der Waals surface area contributed by atoms with Crippen LogP contribution in [0.15, 0.2) is 18.2 Å². The van der Waals surface area contributed by atoms with E-state index in [9.17, 15) is 0 Å². The van der Waals surface area contributed by atoms with Crippen LogP contribution in [0.3, 0.4) is 0 Å². The molecule has 0 bridgehead atoms. The Hall–Kier alpha value is -0.770. The summed E-state index contributed by atoms with van der Waals surface area (Å²) in [6, 6.07) is 6.03. The molecule has 0 radical (unpaired) electrons. The van der Waals surface area contributed by atoms with Gasteiger partial charge in [0.25, 0.3) is 0 Å². The van der Waals surface area contributed by atoms with Crippen molar-refractivity contribution in [2.24, 2.45) is 0 Å². The van der Waals surface area contributed by atoms with Crippen LogP contribution in [-0.4, -0.2) is 25.9 Å². The number of halogens is 1. The molecule has 2 unspecified atom stereocenters. The first-order chi connectivity index (χ1) is 9.70. The molecule has 1 heterocycles. The van der Waals surface area contributed by atoms with Gasteiger partial charge in [-0.05, 0) is 50.9 Å². The molecule has 0 spiro atoms.